The highest BCUT2D eigenvalue weighted by Crippen LogP contribution is 2.05. The van der Waals surface area contributed by atoms with E-state index in [9.17, 15) is 4.79 Å². The van der Waals surface area contributed by atoms with E-state index >= 15 is 0 Å². The third-order valence-corrected chi connectivity index (χ3v) is 2.33. The van der Waals surface area contributed by atoms with E-state index in [1.54, 1.807) is 24.4 Å². The first-order valence-electron chi connectivity index (χ1n) is 5.25. The lowest BCUT2D eigenvalue weighted by molar-refractivity contribution is 0.1000. The zero-order valence-electron chi connectivity index (χ0n) is 9.22. The zero-order chi connectivity index (χ0) is 12.1. The van der Waals surface area contributed by atoms with E-state index in [0.29, 0.717) is 18.7 Å². The number of rotatable bonds is 5. The molecule has 0 radical (unpaired) electrons. The molecule has 1 amide bonds. The number of hydrogen-bond acceptors (Lipinski definition) is 4. The molecule has 2 aromatic rings. The van der Waals surface area contributed by atoms with Crippen molar-refractivity contribution in [3.8, 4) is 0 Å². The molecule has 0 unspecified atom stereocenters. The molecule has 0 aliphatic rings. The van der Waals surface area contributed by atoms with Gasteiger partial charge < -0.3 is 15.6 Å². The van der Waals surface area contributed by atoms with E-state index in [4.69, 9.17) is 10.3 Å². The van der Waals surface area contributed by atoms with Crippen molar-refractivity contribution in [3.05, 3.63) is 53.4 Å². The third-order valence-electron chi connectivity index (χ3n) is 2.33. The fraction of sp³-hybridized carbons (Fsp3) is 0.167. The highest BCUT2D eigenvalue weighted by atomic mass is 16.5. The second-order valence-electron chi connectivity index (χ2n) is 3.65. The summed E-state index contributed by atoms with van der Waals surface area (Å²) >= 11 is 0. The van der Waals surface area contributed by atoms with Crippen molar-refractivity contribution in [1.29, 1.82) is 0 Å². The fourth-order valence-electron chi connectivity index (χ4n) is 1.50. The van der Waals surface area contributed by atoms with Gasteiger partial charge in [-0.15, -0.1) is 0 Å². The summed E-state index contributed by atoms with van der Waals surface area (Å²) in [4.78, 5) is 11.0. The van der Waals surface area contributed by atoms with Gasteiger partial charge in [0.2, 0.25) is 5.91 Å². The maximum absolute atomic E-state index is 11.0. The average Bonchev–Trinajstić information content (AvgIpc) is 2.82. The molecule has 0 aliphatic carbocycles. The van der Waals surface area contributed by atoms with E-state index in [-0.39, 0.29) is 0 Å². The fourth-order valence-corrected chi connectivity index (χ4v) is 1.50. The van der Waals surface area contributed by atoms with Crippen LogP contribution in [0.3, 0.4) is 0 Å². The Kier molecular flexibility index (Phi) is 3.52. The first-order valence-corrected chi connectivity index (χ1v) is 5.25. The monoisotopic (exact) mass is 231 g/mol. The van der Waals surface area contributed by atoms with Crippen molar-refractivity contribution in [1.82, 2.24) is 10.5 Å². The molecular weight excluding hydrogens is 218 g/mol. The number of nitrogens with two attached hydrogens (primary N) is 1. The van der Waals surface area contributed by atoms with Gasteiger partial charge in [-0.1, -0.05) is 17.3 Å². The molecule has 5 nitrogen and oxygen atoms in total. The van der Waals surface area contributed by atoms with Gasteiger partial charge in [-0.3, -0.25) is 4.79 Å². The van der Waals surface area contributed by atoms with E-state index in [1.807, 2.05) is 12.1 Å². The molecule has 5 heteroatoms. The molecule has 17 heavy (non-hydrogen) atoms. The third kappa shape index (κ3) is 3.15. The first kappa shape index (κ1) is 11.3. The van der Waals surface area contributed by atoms with E-state index in [1.165, 1.54) is 0 Å². The lowest BCUT2D eigenvalue weighted by atomic mass is 10.1. The minimum Gasteiger partial charge on any atom is -0.366 e. The second-order valence-corrected chi connectivity index (χ2v) is 3.65. The smallest absolute Gasteiger partial charge is 0.248 e. The predicted octanol–water partition coefficient (Wildman–Crippen LogP) is 1.06. The topological polar surface area (TPSA) is 81.2 Å². The van der Waals surface area contributed by atoms with Crippen LogP contribution >= 0.6 is 0 Å². The van der Waals surface area contributed by atoms with Crippen LogP contribution in [0.5, 0.6) is 0 Å². The summed E-state index contributed by atoms with van der Waals surface area (Å²) in [5, 5.41) is 6.79. The molecule has 2 rings (SSSR count). The Morgan fingerprint density at radius 3 is 2.94 bits per heavy atom. The number of amides is 1. The normalized spacial score (nSPS) is 10.4. The number of carbonyl (C=O) groups excluding carboxylic acids is 1. The molecule has 0 saturated heterocycles. The van der Waals surface area contributed by atoms with E-state index < -0.39 is 5.91 Å². The van der Waals surface area contributed by atoms with Crippen molar-refractivity contribution < 1.29 is 9.32 Å². The van der Waals surface area contributed by atoms with Gasteiger partial charge in [0.25, 0.3) is 0 Å². The molecule has 0 fully saturated rings. The molecule has 0 aliphatic heterocycles. The zero-order valence-corrected chi connectivity index (χ0v) is 9.22. The molecular formula is C12H13N3O2. The number of nitrogens with zero attached hydrogens (tertiary/aromatic N) is 1. The summed E-state index contributed by atoms with van der Waals surface area (Å²) in [6.45, 7) is 1.24. The standard InChI is InChI=1S/C12H13N3O2/c13-12(16)10-3-1-2-9(6-10)7-14-8-11-4-5-15-17-11/h1-6,14H,7-8H2,(H2,13,16). The van der Waals surface area contributed by atoms with Gasteiger partial charge in [0.15, 0.2) is 0 Å². The molecule has 1 aromatic heterocycles. The van der Waals surface area contributed by atoms with E-state index in [2.05, 4.69) is 10.5 Å². The average molecular weight is 231 g/mol. The number of carbonyl (C=O) groups is 1. The first-order chi connectivity index (χ1) is 8.25. The minimum absolute atomic E-state index is 0.415. The Morgan fingerprint density at radius 2 is 2.24 bits per heavy atom. The van der Waals surface area contributed by atoms with Gasteiger partial charge >= 0.3 is 0 Å². The van der Waals surface area contributed by atoms with Crippen LogP contribution in [0.15, 0.2) is 41.1 Å². The number of hydrogen-bond donors (Lipinski definition) is 2. The lowest BCUT2D eigenvalue weighted by Crippen LogP contribution is -2.14. The summed E-state index contributed by atoms with van der Waals surface area (Å²) in [5.74, 6) is 0.359. The molecule has 88 valence electrons. The van der Waals surface area contributed by atoms with Crippen molar-refractivity contribution in [2.45, 2.75) is 13.1 Å². The van der Waals surface area contributed by atoms with Gasteiger partial charge in [-0.25, -0.2) is 0 Å². The van der Waals surface area contributed by atoms with Crippen LogP contribution in [-0.4, -0.2) is 11.1 Å². The SMILES string of the molecule is NC(=O)c1cccc(CNCc2ccno2)c1. The highest BCUT2D eigenvalue weighted by Gasteiger charge is 2.01. The maximum atomic E-state index is 11.0. The number of nitrogens with one attached hydrogen (secondary N) is 1. The quantitative estimate of drug-likeness (QED) is 0.806. The number of benzene rings is 1. The van der Waals surface area contributed by atoms with Crippen molar-refractivity contribution in [3.63, 3.8) is 0 Å². The van der Waals surface area contributed by atoms with Crippen LogP contribution in [0, 0.1) is 0 Å². The van der Waals surface area contributed by atoms with Crippen LogP contribution in [0.4, 0.5) is 0 Å². The lowest BCUT2D eigenvalue weighted by Gasteiger charge is -2.04. The van der Waals surface area contributed by atoms with Crippen LogP contribution in [0.25, 0.3) is 0 Å². The van der Waals surface area contributed by atoms with Gasteiger partial charge in [0.1, 0.15) is 5.76 Å². The number of primary amides is 1. The maximum Gasteiger partial charge on any atom is 0.248 e. The molecule has 1 heterocycles. The van der Waals surface area contributed by atoms with Gasteiger partial charge in [-0.05, 0) is 17.7 Å². The van der Waals surface area contributed by atoms with Gasteiger partial charge in [0, 0.05) is 18.2 Å². The van der Waals surface area contributed by atoms with Crippen molar-refractivity contribution >= 4 is 5.91 Å². The Balaban J connectivity index is 1.90. The molecule has 3 N–H and O–H groups in total. The minimum atomic E-state index is -0.415. The van der Waals surface area contributed by atoms with Crippen molar-refractivity contribution in [2.75, 3.05) is 0 Å². The van der Waals surface area contributed by atoms with Crippen LogP contribution in [0.2, 0.25) is 0 Å². The Hall–Kier alpha value is -2.14. The largest absolute Gasteiger partial charge is 0.366 e. The molecule has 0 atom stereocenters. The summed E-state index contributed by atoms with van der Waals surface area (Å²) in [7, 11) is 0. The Bertz CT molecular complexity index is 494. The van der Waals surface area contributed by atoms with Gasteiger partial charge in [0.05, 0.1) is 12.7 Å². The summed E-state index contributed by atoms with van der Waals surface area (Å²) in [5.41, 5.74) is 6.72. The van der Waals surface area contributed by atoms with Crippen LogP contribution in [-0.2, 0) is 13.1 Å². The van der Waals surface area contributed by atoms with Crippen LogP contribution in [0.1, 0.15) is 21.7 Å². The van der Waals surface area contributed by atoms with Crippen molar-refractivity contribution in [2.24, 2.45) is 5.73 Å². The Labute approximate surface area is 98.6 Å². The number of aromatic nitrogens is 1. The molecule has 0 spiro atoms. The molecule has 0 bridgehead atoms. The second kappa shape index (κ2) is 5.27. The molecule has 0 saturated carbocycles. The summed E-state index contributed by atoms with van der Waals surface area (Å²) < 4.78 is 4.95. The summed E-state index contributed by atoms with van der Waals surface area (Å²) in [6, 6.07) is 9.01. The van der Waals surface area contributed by atoms with Crippen LogP contribution < -0.4 is 11.1 Å². The summed E-state index contributed by atoms with van der Waals surface area (Å²) in [6.07, 6.45) is 1.60. The van der Waals surface area contributed by atoms with Gasteiger partial charge in [-0.2, -0.15) is 0 Å². The molecule has 1 aromatic carbocycles. The highest BCUT2D eigenvalue weighted by molar-refractivity contribution is 5.92. The van der Waals surface area contributed by atoms with E-state index in [0.717, 1.165) is 11.3 Å². The Morgan fingerprint density at radius 1 is 1.35 bits per heavy atom. The predicted molar refractivity (Wildman–Crippen MR) is 62.0 cm³/mol.